The van der Waals surface area contributed by atoms with E-state index in [0.29, 0.717) is 6.42 Å². The van der Waals surface area contributed by atoms with Gasteiger partial charge in [-0.15, -0.1) is 0 Å². The number of rotatable bonds is 4. The molecule has 0 aromatic carbocycles. The van der Waals surface area contributed by atoms with Crippen molar-refractivity contribution in [1.29, 1.82) is 0 Å². The lowest BCUT2D eigenvalue weighted by Gasteiger charge is -2.28. The van der Waals surface area contributed by atoms with E-state index in [1.807, 2.05) is 4.90 Å². The summed E-state index contributed by atoms with van der Waals surface area (Å²) in [6, 6.07) is 0. The molecule has 1 amide bonds. The molecule has 1 saturated heterocycles. The molecule has 0 bridgehead atoms. The van der Waals surface area contributed by atoms with Gasteiger partial charge in [0, 0.05) is 26.1 Å². The first-order valence-electron chi connectivity index (χ1n) is 5.85. The van der Waals surface area contributed by atoms with Crippen molar-refractivity contribution in [3.8, 4) is 0 Å². The summed E-state index contributed by atoms with van der Waals surface area (Å²) in [5.74, 6) is 0.266. The molecule has 92 valence electrons. The Morgan fingerprint density at radius 2 is 2.19 bits per heavy atom. The Morgan fingerprint density at radius 3 is 2.62 bits per heavy atom. The zero-order chi connectivity index (χ0) is 12.1. The highest BCUT2D eigenvalue weighted by Gasteiger charge is 2.26. The van der Waals surface area contributed by atoms with E-state index < -0.39 is 0 Å². The highest BCUT2D eigenvalue weighted by molar-refractivity contribution is 8.23. The molecule has 0 spiro atoms. The van der Waals surface area contributed by atoms with Crippen molar-refractivity contribution in [3.63, 3.8) is 0 Å². The quantitative estimate of drug-likeness (QED) is 0.724. The molecule has 0 aromatic heterocycles. The molecule has 1 fully saturated rings. The Kier molecular flexibility index (Phi) is 5.55. The first kappa shape index (κ1) is 13.8. The number of thioether (sulfide) groups is 1. The Bertz CT molecular complexity index is 267. The Labute approximate surface area is 108 Å². The maximum absolute atomic E-state index is 11.6. The average Bonchev–Trinajstić information content (AvgIpc) is 2.66. The lowest BCUT2D eigenvalue weighted by molar-refractivity contribution is -0.128. The number of amides is 1. The van der Waals surface area contributed by atoms with Crippen LogP contribution >= 0.6 is 24.0 Å². The van der Waals surface area contributed by atoms with Gasteiger partial charge in [-0.25, -0.2) is 0 Å². The maximum Gasteiger partial charge on any atom is 0.223 e. The molecule has 1 heterocycles. The van der Waals surface area contributed by atoms with E-state index in [1.165, 1.54) is 0 Å². The van der Waals surface area contributed by atoms with Gasteiger partial charge in [0.25, 0.3) is 0 Å². The molecular weight excluding hydrogens is 240 g/mol. The zero-order valence-electron chi connectivity index (χ0n) is 10.2. The first-order valence-corrected chi connectivity index (χ1v) is 7.14. The molecule has 3 nitrogen and oxygen atoms in total. The van der Waals surface area contributed by atoms with Gasteiger partial charge >= 0.3 is 0 Å². The summed E-state index contributed by atoms with van der Waals surface area (Å²) in [6.45, 7) is 9.01. The van der Waals surface area contributed by atoms with Crippen molar-refractivity contribution in [3.05, 3.63) is 0 Å². The third-order valence-electron chi connectivity index (χ3n) is 2.84. The molecule has 0 unspecified atom stereocenters. The van der Waals surface area contributed by atoms with Gasteiger partial charge in [-0.3, -0.25) is 4.79 Å². The first-order chi connectivity index (χ1) is 7.60. The van der Waals surface area contributed by atoms with E-state index in [4.69, 9.17) is 12.2 Å². The summed E-state index contributed by atoms with van der Waals surface area (Å²) in [5, 5.41) is 0.170. The van der Waals surface area contributed by atoms with E-state index in [1.54, 1.807) is 11.8 Å². The van der Waals surface area contributed by atoms with Crippen molar-refractivity contribution in [2.24, 2.45) is 0 Å². The van der Waals surface area contributed by atoms with Crippen LogP contribution in [0.4, 0.5) is 0 Å². The van der Waals surface area contributed by atoms with E-state index in [-0.39, 0.29) is 11.3 Å². The van der Waals surface area contributed by atoms with Crippen LogP contribution in [0.5, 0.6) is 0 Å². The molecule has 0 radical (unpaired) electrons. The average molecular weight is 260 g/mol. The second-order valence-electron chi connectivity index (χ2n) is 3.85. The van der Waals surface area contributed by atoms with Gasteiger partial charge in [0.1, 0.15) is 4.32 Å². The van der Waals surface area contributed by atoms with Gasteiger partial charge < -0.3 is 9.80 Å². The molecule has 1 atom stereocenters. The minimum atomic E-state index is 0.170. The largest absolute Gasteiger partial charge is 0.358 e. The highest BCUT2D eigenvalue weighted by atomic mass is 32.2. The molecule has 16 heavy (non-hydrogen) atoms. The Morgan fingerprint density at radius 1 is 1.56 bits per heavy atom. The van der Waals surface area contributed by atoms with Crippen LogP contribution in [0.15, 0.2) is 0 Å². The maximum atomic E-state index is 11.6. The molecule has 1 rings (SSSR count). The van der Waals surface area contributed by atoms with Crippen LogP contribution in [-0.2, 0) is 4.79 Å². The van der Waals surface area contributed by atoms with Gasteiger partial charge in [0.15, 0.2) is 0 Å². The summed E-state index contributed by atoms with van der Waals surface area (Å²) < 4.78 is 0.900. The second kappa shape index (κ2) is 6.45. The number of likely N-dealkylation sites (tertiary alicyclic amines) is 1. The predicted molar refractivity (Wildman–Crippen MR) is 73.5 cm³/mol. The molecule has 0 N–H and O–H groups in total. The normalized spacial score (nSPS) is 17.7. The monoisotopic (exact) mass is 260 g/mol. The lowest BCUT2D eigenvalue weighted by Crippen LogP contribution is -2.35. The van der Waals surface area contributed by atoms with Crippen LogP contribution in [0.1, 0.15) is 33.6 Å². The minimum Gasteiger partial charge on any atom is -0.358 e. The van der Waals surface area contributed by atoms with E-state index in [9.17, 15) is 4.79 Å². The van der Waals surface area contributed by atoms with Crippen LogP contribution in [-0.4, -0.2) is 45.0 Å². The SMILES string of the molecule is CCN(CC)C(=S)S[C@@H](C)N1CCCC1=O. The third-order valence-corrected chi connectivity index (χ3v) is 4.44. The molecule has 1 aliphatic heterocycles. The number of hydrogen-bond acceptors (Lipinski definition) is 3. The van der Waals surface area contributed by atoms with Crippen LogP contribution in [0.3, 0.4) is 0 Å². The van der Waals surface area contributed by atoms with Gasteiger partial charge in [0.05, 0.1) is 5.37 Å². The van der Waals surface area contributed by atoms with Crippen molar-refractivity contribution >= 4 is 34.2 Å². The molecule has 1 aliphatic rings. The summed E-state index contributed by atoms with van der Waals surface area (Å²) >= 11 is 7.00. The van der Waals surface area contributed by atoms with Crippen LogP contribution in [0, 0.1) is 0 Å². The highest BCUT2D eigenvalue weighted by Crippen LogP contribution is 2.23. The summed E-state index contributed by atoms with van der Waals surface area (Å²) in [7, 11) is 0. The molecule has 5 heteroatoms. The van der Waals surface area contributed by atoms with E-state index in [0.717, 1.165) is 30.4 Å². The lowest BCUT2D eigenvalue weighted by atomic mass is 10.4. The van der Waals surface area contributed by atoms with E-state index >= 15 is 0 Å². The predicted octanol–water partition coefficient (Wildman–Crippen LogP) is 2.31. The zero-order valence-corrected chi connectivity index (χ0v) is 11.9. The van der Waals surface area contributed by atoms with Crippen LogP contribution in [0.2, 0.25) is 0 Å². The third kappa shape index (κ3) is 3.35. The minimum absolute atomic E-state index is 0.170. The fourth-order valence-electron chi connectivity index (χ4n) is 1.82. The fraction of sp³-hybridized carbons (Fsp3) is 0.818. The van der Waals surface area contributed by atoms with E-state index in [2.05, 4.69) is 25.7 Å². The van der Waals surface area contributed by atoms with Gasteiger partial charge in [-0.1, -0.05) is 24.0 Å². The van der Waals surface area contributed by atoms with Gasteiger partial charge in [-0.05, 0) is 27.2 Å². The molecular formula is C11H20N2OS2. The molecule has 0 saturated carbocycles. The van der Waals surface area contributed by atoms with Gasteiger partial charge in [0.2, 0.25) is 5.91 Å². The van der Waals surface area contributed by atoms with Crippen molar-refractivity contribution in [1.82, 2.24) is 9.80 Å². The van der Waals surface area contributed by atoms with Crippen molar-refractivity contribution < 1.29 is 4.79 Å². The van der Waals surface area contributed by atoms with Crippen LogP contribution in [0.25, 0.3) is 0 Å². The van der Waals surface area contributed by atoms with Crippen LogP contribution < -0.4 is 0 Å². The number of carbonyl (C=O) groups is 1. The summed E-state index contributed by atoms with van der Waals surface area (Å²) in [5.41, 5.74) is 0. The van der Waals surface area contributed by atoms with Crippen molar-refractivity contribution in [2.75, 3.05) is 19.6 Å². The Hall–Kier alpha value is -0.290. The molecule has 0 aromatic rings. The smallest absolute Gasteiger partial charge is 0.223 e. The fourth-order valence-corrected chi connectivity index (χ4v) is 3.54. The number of hydrogen-bond donors (Lipinski definition) is 0. The second-order valence-corrected chi connectivity index (χ2v) is 5.80. The van der Waals surface area contributed by atoms with Crippen molar-refractivity contribution in [2.45, 2.75) is 39.0 Å². The summed E-state index contributed by atoms with van der Waals surface area (Å²) in [4.78, 5) is 15.6. The number of thiocarbonyl (C=S) groups is 1. The Balaban J connectivity index is 2.47. The number of carbonyl (C=O) groups excluding carboxylic acids is 1. The standard InChI is InChI=1S/C11H20N2OS2/c1-4-12(5-2)11(15)16-9(3)13-8-6-7-10(13)14/h9H,4-8H2,1-3H3/t9-/m0/s1. The molecule has 0 aliphatic carbocycles. The summed E-state index contributed by atoms with van der Waals surface area (Å²) in [6.07, 6.45) is 1.69. The topological polar surface area (TPSA) is 23.6 Å². The van der Waals surface area contributed by atoms with Gasteiger partial charge in [-0.2, -0.15) is 0 Å². The number of nitrogens with zero attached hydrogens (tertiary/aromatic N) is 2.